The van der Waals surface area contributed by atoms with Gasteiger partial charge in [0.1, 0.15) is 5.58 Å². The molecule has 1 atom stereocenters. The Kier molecular flexibility index (Phi) is 5.08. The van der Waals surface area contributed by atoms with E-state index >= 15 is 0 Å². The Morgan fingerprint density at radius 3 is 2.64 bits per heavy atom. The lowest BCUT2D eigenvalue weighted by Gasteiger charge is -2.13. The van der Waals surface area contributed by atoms with E-state index in [9.17, 15) is 24.1 Å². The van der Waals surface area contributed by atoms with E-state index in [4.69, 9.17) is 9.15 Å². The van der Waals surface area contributed by atoms with Gasteiger partial charge in [-0.1, -0.05) is 18.2 Å². The Labute approximate surface area is 158 Å². The van der Waals surface area contributed by atoms with Crippen LogP contribution in [-0.4, -0.2) is 22.9 Å². The van der Waals surface area contributed by atoms with Crippen molar-refractivity contribution in [1.82, 2.24) is 0 Å². The monoisotopic (exact) mass is 386 g/mol. The van der Waals surface area contributed by atoms with Crippen molar-refractivity contribution in [2.75, 3.05) is 5.32 Å². The molecule has 8 nitrogen and oxygen atoms in total. The third-order valence-electron chi connectivity index (χ3n) is 4.09. The SMILES string of the molecule is Cc1c(C(=O)O[C@@H](C)C(=O)Nc2ccc(F)c([N+](=O)[O-])c2)oc2ccccc12. The number of halogens is 1. The lowest BCUT2D eigenvalue weighted by atomic mass is 10.1. The fourth-order valence-corrected chi connectivity index (χ4v) is 2.61. The lowest BCUT2D eigenvalue weighted by Crippen LogP contribution is -2.30. The van der Waals surface area contributed by atoms with Crippen LogP contribution in [0.4, 0.5) is 15.8 Å². The van der Waals surface area contributed by atoms with Gasteiger partial charge in [-0.25, -0.2) is 4.79 Å². The zero-order chi connectivity index (χ0) is 20.4. The Morgan fingerprint density at radius 1 is 1.25 bits per heavy atom. The molecule has 0 aliphatic heterocycles. The molecule has 0 spiro atoms. The number of furan rings is 1. The molecule has 28 heavy (non-hydrogen) atoms. The summed E-state index contributed by atoms with van der Waals surface area (Å²) >= 11 is 0. The highest BCUT2D eigenvalue weighted by Gasteiger charge is 2.25. The third-order valence-corrected chi connectivity index (χ3v) is 4.09. The van der Waals surface area contributed by atoms with Gasteiger partial charge in [0, 0.05) is 22.7 Å². The number of benzene rings is 2. The van der Waals surface area contributed by atoms with E-state index in [0.717, 1.165) is 23.6 Å². The van der Waals surface area contributed by atoms with Crippen molar-refractivity contribution in [1.29, 1.82) is 0 Å². The normalized spacial score (nSPS) is 11.8. The van der Waals surface area contributed by atoms with Crippen LogP contribution in [0.15, 0.2) is 46.9 Å². The van der Waals surface area contributed by atoms with Crippen LogP contribution in [0.1, 0.15) is 23.0 Å². The molecule has 1 heterocycles. The quantitative estimate of drug-likeness (QED) is 0.403. The number of nitrogens with zero attached hydrogens (tertiary/aromatic N) is 1. The van der Waals surface area contributed by atoms with Gasteiger partial charge in [-0.15, -0.1) is 0 Å². The van der Waals surface area contributed by atoms with Gasteiger partial charge in [-0.05, 0) is 32.0 Å². The van der Waals surface area contributed by atoms with E-state index in [0.29, 0.717) is 11.1 Å². The van der Waals surface area contributed by atoms with Crippen molar-refractivity contribution in [3.05, 3.63) is 69.7 Å². The maximum atomic E-state index is 13.4. The second-order valence-corrected chi connectivity index (χ2v) is 6.01. The minimum Gasteiger partial charge on any atom is -0.449 e. The molecule has 0 fully saturated rings. The Hall–Kier alpha value is -3.75. The van der Waals surface area contributed by atoms with Crippen LogP contribution >= 0.6 is 0 Å². The van der Waals surface area contributed by atoms with E-state index in [1.165, 1.54) is 6.92 Å². The van der Waals surface area contributed by atoms with Crippen molar-refractivity contribution in [2.24, 2.45) is 0 Å². The van der Waals surface area contributed by atoms with Crippen LogP contribution in [0.3, 0.4) is 0 Å². The van der Waals surface area contributed by atoms with Crippen molar-refractivity contribution < 1.29 is 28.1 Å². The number of fused-ring (bicyclic) bond motifs is 1. The molecule has 2 aromatic carbocycles. The van der Waals surface area contributed by atoms with Gasteiger partial charge in [0.2, 0.25) is 11.6 Å². The highest BCUT2D eigenvalue weighted by Crippen LogP contribution is 2.26. The molecule has 0 aliphatic carbocycles. The van der Waals surface area contributed by atoms with E-state index in [1.807, 2.05) is 0 Å². The number of carbonyl (C=O) groups excluding carboxylic acids is 2. The number of anilines is 1. The number of nitro groups is 1. The number of esters is 1. The number of hydrogen-bond donors (Lipinski definition) is 1. The minimum absolute atomic E-state index is 0.000849. The van der Waals surface area contributed by atoms with Crippen LogP contribution in [-0.2, 0) is 9.53 Å². The summed E-state index contributed by atoms with van der Waals surface area (Å²) in [6, 6.07) is 9.97. The van der Waals surface area contributed by atoms with Gasteiger partial charge in [-0.2, -0.15) is 4.39 Å². The molecule has 0 radical (unpaired) electrons. The van der Waals surface area contributed by atoms with Gasteiger partial charge in [-0.3, -0.25) is 14.9 Å². The first-order chi connectivity index (χ1) is 13.3. The molecule has 1 N–H and O–H groups in total. The fraction of sp³-hybridized carbons (Fsp3) is 0.158. The van der Waals surface area contributed by atoms with Crippen LogP contribution in [0.5, 0.6) is 0 Å². The molecule has 3 rings (SSSR count). The molecule has 1 aromatic heterocycles. The fourth-order valence-electron chi connectivity index (χ4n) is 2.61. The Balaban J connectivity index is 1.71. The minimum atomic E-state index is -1.22. The number of aryl methyl sites for hydroxylation is 1. The molecule has 0 unspecified atom stereocenters. The molecule has 0 bridgehead atoms. The predicted molar refractivity (Wildman–Crippen MR) is 97.5 cm³/mol. The van der Waals surface area contributed by atoms with E-state index < -0.39 is 34.4 Å². The van der Waals surface area contributed by atoms with E-state index in [1.54, 1.807) is 31.2 Å². The number of para-hydroxylation sites is 1. The van der Waals surface area contributed by atoms with Gasteiger partial charge >= 0.3 is 11.7 Å². The highest BCUT2D eigenvalue weighted by atomic mass is 19.1. The van der Waals surface area contributed by atoms with Gasteiger partial charge in [0.25, 0.3) is 5.91 Å². The summed E-state index contributed by atoms with van der Waals surface area (Å²) in [5.74, 6) is -2.59. The molecule has 1 amide bonds. The number of amides is 1. The highest BCUT2D eigenvalue weighted by molar-refractivity contribution is 5.99. The molecule has 3 aromatic rings. The maximum Gasteiger partial charge on any atom is 0.375 e. The van der Waals surface area contributed by atoms with Crippen molar-refractivity contribution in [2.45, 2.75) is 20.0 Å². The molecule has 0 saturated carbocycles. The number of carbonyl (C=O) groups is 2. The lowest BCUT2D eigenvalue weighted by molar-refractivity contribution is -0.387. The number of hydrogen-bond acceptors (Lipinski definition) is 6. The topological polar surface area (TPSA) is 112 Å². The van der Waals surface area contributed by atoms with E-state index in [2.05, 4.69) is 5.32 Å². The molecule has 0 saturated heterocycles. The largest absolute Gasteiger partial charge is 0.449 e. The standard InChI is InChI=1S/C19H15FN2O6/c1-10-13-5-3-4-6-16(13)28-17(10)19(24)27-11(2)18(23)21-12-7-8-14(20)15(9-12)22(25)26/h3-9,11H,1-2H3,(H,21,23)/t11-/m0/s1. The molecule has 9 heteroatoms. The Morgan fingerprint density at radius 2 is 1.96 bits per heavy atom. The average molecular weight is 386 g/mol. The second kappa shape index (κ2) is 7.47. The summed E-state index contributed by atoms with van der Waals surface area (Å²) in [6.07, 6.45) is -1.22. The molecule has 144 valence electrons. The summed E-state index contributed by atoms with van der Waals surface area (Å²) in [5.41, 5.74) is 0.325. The average Bonchev–Trinajstić information content (AvgIpc) is 3.00. The van der Waals surface area contributed by atoms with Crippen molar-refractivity contribution >= 4 is 34.2 Å². The van der Waals surface area contributed by atoms with Gasteiger partial charge < -0.3 is 14.5 Å². The van der Waals surface area contributed by atoms with E-state index in [-0.39, 0.29) is 11.4 Å². The number of ether oxygens (including phenoxy) is 1. The summed E-state index contributed by atoms with van der Waals surface area (Å²) in [7, 11) is 0. The van der Waals surface area contributed by atoms with Gasteiger partial charge in [0.15, 0.2) is 6.10 Å². The number of nitro benzene ring substituents is 1. The van der Waals surface area contributed by atoms with Crippen LogP contribution in [0, 0.1) is 22.9 Å². The summed E-state index contributed by atoms with van der Waals surface area (Å²) in [6.45, 7) is 3.04. The first kappa shape index (κ1) is 19.0. The number of rotatable bonds is 5. The zero-order valence-electron chi connectivity index (χ0n) is 14.9. The van der Waals surface area contributed by atoms with Crippen molar-refractivity contribution in [3.63, 3.8) is 0 Å². The van der Waals surface area contributed by atoms with Gasteiger partial charge in [0.05, 0.1) is 4.92 Å². The summed E-state index contributed by atoms with van der Waals surface area (Å²) in [5, 5.41) is 13.9. The molecule has 0 aliphatic rings. The summed E-state index contributed by atoms with van der Waals surface area (Å²) < 4.78 is 24.0. The Bertz CT molecular complexity index is 1090. The number of nitrogens with one attached hydrogen (secondary N) is 1. The van der Waals surface area contributed by atoms with Crippen molar-refractivity contribution in [3.8, 4) is 0 Å². The first-order valence-corrected chi connectivity index (χ1v) is 8.22. The van der Waals surface area contributed by atoms with Crippen LogP contribution in [0.2, 0.25) is 0 Å². The second-order valence-electron chi connectivity index (χ2n) is 6.01. The zero-order valence-corrected chi connectivity index (χ0v) is 14.9. The summed E-state index contributed by atoms with van der Waals surface area (Å²) in [4.78, 5) is 34.4. The molecular weight excluding hydrogens is 371 g/mol. The maximum absolute atomic E-state index is 13.4. The first-order valence-electron chi connectivity index (χ1n) is 8.22. The van der Waals surface area contributed by atoms with Crippen LogP contribution in [0.25, 0.3) is 11.0 Å². The smallest absolute Gasteiger partial charge is 0.375 e. The molecular formula is C19H15FN2O6. The van der Waals surface area contributed by atoms with Crippen LogP contribution < -0.4 is 5.32 Å². The third kappa shape index (κ3) is 3.68. The predicted octanol–water partition coefficient (Wildman–Crippen LogP) is 3.97.